The summed E-state index contributed by atoms with van der Waals surface area (Å²) >= 11 is 0. The third-order valence-electron chi connectivity index (χ3n) is 7.63. The maximum atomic E-state index is 14.0. The first-order chi connectivity index (χ1) is 20.6. The topological polar surface area (TPSA) is 110 Å². The van der Waals surface area contributed by atoms with Gasteiger partial charge >= 0.3 is 0 Å². The highest BCUT2D eigenvalue weighted by atomic mass is 19.1. The molecule has 0 saturated heterocycles. The molecule has 0 fully saturated rings. The maximum absolute atomic E-state index is 14.0. The summed E-state index contributed by atoms with van der Waals surface area (Å²) in [5, 5.41) is 9.05. The Morgan fingerprint density at radius 1 is 0.977 bits per heavy atom. The van der Waals surface area contributed by atoms with Crippen molar-refractivity contribution in [2.24, 2.45) is 0 Å². The first-order valence-electron chi connectivity index (χ1n) is 13.9. The Morgan fingerprint density at radius 2 is 1.77 bits per heavy atom. The lowest BCUT2D eigenvalue weighted by Gasteiger charge is -2.18. The van der Waals surface area contributed by atoms with E-state index < -0.39 is 11.6 Å². The van der Waals surface area contributed by atoms with Gasteiger partial charge in [0, 0.05) is 36.0 Å². The van der Waals surface area contributed by atoms with Crippen molar-refractivity contribution in [3.05, 3.63) is 112 Å². The second-order valence-corrected chi connectivity index (χ2v) is 10.5. The van der Waals surface area contributed by atoms with Crippen LogP contribution in [0.5, 0.6) is 0 Å². The highest BCUT2D eigenvalue weighted by molar-refractivity contribution is 5.96. The van der Waals surface area contributed by atoms with Gasteiger partial charge in [0.1, 0.15) is 11.5 Å². The number of carbonyl (C=O) groups is 2. The van der Waals surface area contributed by atoms with Gasteiger partial charge in [-0.25, -0.2) is 4.39 Å². The van der Waals surface area contributed by atoms with Crippen LogP contribution in [-0.4, -0.2) is 46.1 Å². The summed E-state index contributed by atoms with van der Waals surface area (Å²) in [6.45, 7) is 5.67. The minimum Gasteiger partial charge on any atom is -0.355 e. The average molecular weight is 581 g/mol. The molecule has 0 radical (unpaired) electrons. The third-order valence-corrected chi connectivity index (χ3v) is 7.63. The number of halogens is 1. The lowest BCUT2D eigenvalue weighted by Crippen LogP contribution is -2.37. The Bertz CT molecular complexity index is 1930. The number of hydrogen-bond acceptors (Lipinski definition) is 5. The summed E-state index contributed by atoms with van der Waals surface area (Å²) in [4.78, 5) is 43.5. The zero-order chi connectivity index (χ0) is 30.8. The predicted octanol–water partition coefficient (Wildman–Crippen LogP) is 4.56. The number of aromatic nitrogens is 3. The number of likely N-dealkylation sites (N-methyl/N-ethyl adjacent to an activating group) is 1. The van der Waals surface area contributed by atoms with E-state index in [2.05, 4.69) is 20.9 Å². The van der Waals surface area contributed by atoms with Gasteiger partial charge in [-0.3, -0.25) is 19.4 Å². The first-order valence-corrected chi connectivity index (χ1v) is 13.9. The Morgan fingerprint density at radius 3 is 2.51 bits per heavy atom. The second-order valence-electron chi connectivity index (χ2n) is 10.5. The van der Waals surface area contributed by atoms with E-state index in [0.29, 0.717) is 16.8 Å². The lowest BCUT2D eigenvalue weighted by molar-refractivity contribution is -0.117. The number of hydrogen-bond donors (Lipinski definition) is 3. The number of nitrogens with zero attached hydrogens (tertiary/aromatic N) is 3. The van der Waals surface area contributed by atoms with Crippen LogP contribution in [-0.2, 0) is 11.3 Å². The monoisotopic (exact) mass is 580 g/mol. The summed E-state index contributed by atoms with van der Waals surface area (Å²) in [6.07, 6.45) is 5.32. The average Bonchev–Trinajstić information content (AvgIpc) is 3.34. The first kappa shape index (κ1) is 29.4. The number of fused-ring (bicyclic) bond motifs is 1. The zero-order valence-electron chi connectivity index (χ0n) is 24.7. The Labute approximate surface area is 248 Å². The molecule has 3 aromatic heterocycles. The van der Waals surface area contributed by atoms with Crippen LogP contribution in [0.25, 0.3) is 27.8 Å². The zero-order valence-corrected chi connectivity index (χ0v) is 24.7. The fourth-order valence-electron chi connectivity index (χ4n) is 5.08. The minimum absolute atomic E-state index is 0.133. The fourth-order valence-corrected chi connectivity index (χ4v) is 5.08. The van der Waals surface area contributed by atoms with Crippen LogP contribution in [0.1, 0.15) is 34.0 Å². The SMILES string of the molecule is CNC(=O)c1ccc(C)c(-c2ccc(NC(=O)[C@H](C)NC)c(=O)n2Cc2cncc(-n3cc(C)c4cc(F)ccc43)c2)c1. The lowest BCUT2D eigenvalue weighted by atomic mass is 10.0. The van der Waals surface area contributed by atoms with Gasteiger partial charge in [0.25, 0.3) is 11.5 Å². The number of pyridine rings is 2. The summed E-state index contributed by atoms with van der Waals surface area (Å²) < 4.78 is 17.5. The highest BCUT2D eigenvalue weighted by Crippen LogP contribution is 2.28. The fraction of sp³-hybridized carbons (Fsp3) is 0.212. The molecule has 43 heavy (non-hydrogen) atoms. The molecule has 9 nitrogen and oxygen atoms in total. The number of rotatable bonds is 8. The van der Waals surface area contributed by atoms with Gasteiger partial charge in [-0.05, 0) is 93.0 Å². The molecule has 2 amide bonds. The number of nitrogens with one attached hydrogen (secondary N) is 3. The summed E-state index contributed by atoms with van der Waals surface area (Å²) in [5.41, 5.74) is 5.58. The van der Waals surface area contributed by atoms with Crippen molar-refractivity contribution >= 4 is 28.4 Å². The van der Waals surface area contributed by atoms with E-state index in [1.165, 1.54) is 12.1 Å². The van der Waals surface area contributed by atoms with E-state index in [1.807, 2.05) is 36.7 Å². The molecule has 0 aliphatic carbocycles. The standard InChI is InChI=1S/C33H33FN6O3/c1-19-6-7-23(32(42)36-5)13-26(19)30-11-9-28(38-31(41)21(3)35-4)33(43)40(30)18-22-12-25(16-37-15-22)39-17-20(2)27-14-24(34)8-10-29(27)39/h6-17,21,35H,18H2,1-5H3,(H,36,42)(H,38,41)/t21-/m0/s1. The molecule has 5 aromatic rings. The van der Waals surface area contributed by atoms with E-state index >= 15 is 0 Å². The van der Waals surface area contributed by atoms with Crippen molar-refractivity contribution in [1.82, 2.24) is 24.8 Å². The molecule has 1 atom stereocenters. The molecule has 3 heterocycles. The molecule has 0 spiro atoms. The maximum Gasteiger partial charge on any atom is 0.275 e. The van der Waals surface area contributed by atoms with Crippen molar-refractivity contribution < 1.29 is 14.0 Å². The largest absolute Gasteiger partial charge is 0.355 e. The van der Waals surface area contributed by atoms with Gasteiger partial charge in [-0.2, -0.15) is 0 Å². The predicted molar refractivity (Wildman–Crippen MR) is 166 cm³/mol. The molecule has 5 rings (SSSR count). The van der Waals surface area contributed by atoms with E-state index in [9.17, 15) is 18.8 Å². The van der Waals surface area contributed by atoms with Crippen molar-refractivity contribution in [2.75, 3.05) is 19.4 Å². The van der Waals surface area contributed by atoms with Crippen molar-refractivity contribution in [2.45, 2.75) is 33.4 Å². The van der Waals surface area contributed by atoms with Crippen molar-refractivity contribution in [3.63, 3.8) is 0 Å². The molecule has 0 bridgehead atoms. The molecule has 0 unspecified atom stereocenters. The molecule has 0 aliphatic rings. The van der Waals surface area contributed by atoms with Crippen LogP contribution >= 0.6 is 0 Å². The molecule has 2 aromatic carbocycles. The summed E-state index contributed by atoms with van der Waals surface area (Å²) in [5.74, 6) is -0.892. The molecular weight excluding hydrogens is 547 g/mol. The van der Waals surface area contributed by atoms with Gasteiger partial charge in [-0.15, -0.1) is 0 Å². The quantitative estimate of drug-likeness (QED) is 0.249. The minimum atomic E-state index is -0.506. The number of anilines is 1. The van der Waals surface area contributed by atoms with Gasteiger partial charge in [0.2, 0.25) is 5.91 Å². The Hall–Kier alpha value is -5.09. The van der Waals surface area contributed by atoms with Crippen molar-refractivity contribution in [3.8, 4) is 16.9 Å². The smallest absolute Gasteiger partial charge is 0.275 e. The Balaban J connectivity index is 1.63. The summed E-state index contributed by atoms with van der Waals surface area (Å²) in [7, 11) is 3.23. The second kappa shape index (κ2) is 12.0. The molecular formula is C33H33FN6O3. The van der Waals surface area contributed by atoms with Crippen LogP contribution in [0.2, 0.25) is 0 Å². The molecule has 0 aliphatic heterocycles. The molecule has 220 valence electrons. The normalized spacial score (nSPS) is 11.9. The van der Waals surface area contributed by atoms with Gasteiger partial charge in [0.05, 0.1) is 35.7 Å². The van der Waals surface area contributed by atoms with Crippen LogP contribution < -0.4 is 21.5 Å². The number of benzene rings is 2. The van der Waals surface area contributed by atoms with E-state index in [0.717, 1.165) is 33.3 Å². The third kappa shape index (κ3) is 5.82. The van der Waals surface area contributed by atoms with Gasteiger partial charge < -0.3 is 25.1 Å². The van der Waals surface area contributed by atoms with Crippen LogP contribution in [0.15, 0.2) is 78.0 Å². The number of amides is 2. The summed E-state index contributed by atoms with van der Waals surface area (Å²) in [6, 6.07) is 14.8. The van der Waals surface area contributed by atoms with E-state index in [-0.39, 0.29) is 29.9 Å². The highest BCUT2D eigenvalue weighted by Gasteiger charge is 2.18. The van der Waals surface area contributed by atoms with Gasteiger partial charge in [0.15, 0.2) is 0 Å². The molecule has 10 heteroatoms. The Kier molecular flexibility index (Phi) is 8.22. The molecule has 3 N–H and O–H groups in total. The number of aryl methyl sites for hydroxylation is 2. The van der Waals surface area contributed by atoms with Crippen LogP contribution in [0, 0.1) is 19.7 Å². The number of carbonyl (C=O) groups excluding carboxylic acids is 2. The van der Waals surface area contributed by atoms with E-state index in [4.69, 9.17) is 0 Å². The van der Waals surface area contributed by atoms with Crippen LogP contribution in [0.4, 0.5) is 10.1 Å². The molecule has 0 saturated carbocycles. The van der Waals surface area contributed by atoms with Crippen molar-refractivity contribution in [1.29, 1.82) is 0 Å². The van der Waals surface area contributed by atoms with Gasteiger partial charge in [-0.1, -0.05) is 6.07 Å². The van der Waals surface area contributed by atoms with Crippen LogP contribution in [0.3, 0.4) is 0 Å². The van der Waals surface area contributed by atoms with E-state index in [1.54, 1.807) is 68.3 Å².